The molecule has 0 aliphatic carbocycles. The molecule has 0 radical (unpaired) electrons. The first kappa shape index (κ1) is 41.2. The smallest absolute Gasteiger partial charge is 0.261 e. The fourth-order valence-corrected chi connectivity index (χ4v) is 13.8. The van der Waals surface area contributed by atoms with Crippen LogP contribution >= 0.6 is 0 Å². The molecule has 4 aromatic rings. The minimum atomic E-state index is -2.75. The van der Waals surface area contributed by atoms with E-state index in [2.05, 4.69) is 127 Å². The summed E-state index contributed by atoms with van der Waals surface area (Å²) in [7, 11) is -3.00. The van der Waals surface area contributed by atoms with Crippen LogP contribution in [0.5, 0.6) is 5.75 Å². The number of aliphatic hydroxyl groups is 1. The Morgan fingerprint density at radius 1 is 0.788 bits per heavy atom. The Hall–Kier alpha value is -3.60. The number of hydrogen-bond acceptors (Lipinski definition) is 5. The van der Waals surface area contributed by atoms with Gasteiger partial charge in [-0.3, -0.25) is 4.79 Å². The van der Waals surface area contributed by atoms with Crippen molar-refractivity contribution in [1.82, 2.24) is 0 Å². The average molecular weight is 737 g/mol. The second kappa shape index (κ2) is 18.4. The summed E-state index contributed by atoms with van der Waals surface area (Å²) in [5.41, 5.74) is 0.954. The zero-order chi connectivity index (χ0) is 37.9. The second-order valence-electron chi connectivity index (χ2n) is 15.9. The van der Waals surface area contributed by atoms with Gasteiger partial charge in [-0.1, -0.05) is 167 Å². The van der Waals surface area contributed by atoms with Crippen LogP contribution in [0.1, 0.15) is 59.9 Å². The zero-order valence-electron chi connectivity index (χ0n) is 32.8. The third-order valence-corrected chi connectivity index (χ3v) is 19.5. The quantitative estimate of drug-likeness (QED) is 0.104. The zero-order valence-corrected chi connectivity index (χ0v) is 34.8. The van der Waals surface area contributed by atoms with Crippen molar-refractivity contribution >= 4 is 37.7 Å². The molecule has 0 heterocycles. The highest BCUT2D eigenvalue weighted by Gasteiger charge is 2.50. The average Bonchev–Trinajstić information content (AvgIpc) is 3.14. The van der Waals surface area contributed by atoms with E-state index < -0.39 is 28.6 Å². The van der Waals surface area contributed by atoms with Crippen molar-refractivity contribution in [2.45, 2.75) is 91.3 Å². The Balaban J connectivity index is 1.54. The summed E-state index contributed by atoms with van der Waals surface area (Å²) < 4.78 is 19.0. The molecule has 5 nitrogen and oxygen atoms in total. The lowest BCUT2D eigenvalue weighted by Gasteiger charge is -2.43. The number of benzene rings is 4. The maximum absolute atomic E-state index is 14.1. The highest BCUT2D eigenvalue weighted by Crippen LogP contribution is 2.37. The van der Waals surface area contributed by atoms with Crippen molar-refractivity contribution in [3.05, 3.63) is 132 Å². The topological polar surface area (TPSA) is 65.0 Å². The molecule has 0 aliphatic rings. The van der Waals surface area contributed by atoms with Crippen molar-refractivity contribution < 1.29 is 23.8 Å². The van der Waals surface area contributed by atoms with Gasteiger partial charge < -0.3 is 19.0 Å². The standard InChI is InChI=1S/C45H60O5Si2/c1-34(32-50-52(45(4,5)6,40-21-15-11-16-22-40)41-23-17-12-18-24-41)29-44(49-33-37-25-27-38(48-7)28-26-37)43(47)31-42(46)35(2)30-36(3)51(8,9)39-19-13-10-14-20-39/h10-28,30,34-35,42,44,46H,29,31-33H2,1-9H3/b36-30+/t34-,35+,42-,44-/m0/s1. The number of hydrogen-bond donors (Lipinski definition) is 1. The number of ketones is 1. The molecule has 7 heteroatoms. The van der Waals surface area contributed by atoms with Gasteiger partial charge in [0, 0.05) is 18.9 Å². The Morgan fingerprint density at radius 3 is 1.77 bits per heavy atom. The number of allylic oxidation sites excluding steroid dienone is 1. The third-order valence-electron chi connectivity index (χ3n) is 10.6. The van der Waals surface area contributed by atoms with Gasteiger partial charge in [0.2, 0.25) is 0 Å². The highest BCUT2D eigenvalue weighted by molar-refractivity contribution is 6.99. The van der Waals surface area contributed by atoms with Crippen molar-refractivity contribution in [1.29, 1.82) is 0 Å². The van der Waals surface area contributed by atoms with Crippen LogP contribution < -0.4 is 20.3 Å². The lowest BCUT2D eigenvalue weighted by molar-refractivity contribution is -0.135. The first-order chi connectivity index (χ1) is 24.7. The Kier molecular flexibility index (Phi) is 14.6. The summed E-state index contributed by atoms with van der Waals surface area (Å²) in [6.45, 7) is 18.5. The van der Waals surface area contributed by atoms with Gasteiger partial charge in [-0.05, 0) is 52.4 Å². The van der Waals surface area contributed by atoms with Crippen LogP contribution in [0.2, 0.25) is 18.1 Å². The lowest BCUT2D eigenvalue weighted by atomic mass is 9.94. The molecule has 52 heavy (non-hydrogen) atoms. The molecule has 0 aliphatic heterocycles. The molecule has 0 aromatic heterocycles. The van der Waals surface area contributed by atoms with Crippen molar-refractivity contribution in [2.24, 2.45) is 11.8 Å². The molecule has 0 fully saturated rings. The Labute approximate surface area is 315 Å². The number of methoxy groups -OCH3 is 1. The van der Waals surface area contributed by atoms with Crippen molar-refractivity contribution in [3.63, 3.8) is 0 Å². The van der Waals surface area contributed by atoms with Crippen LogP contribution in [0.15, 0.2) is 127 Å². The summed E-state index contributed by atoms with van der Waals surface area (Å²) in [4.78, 5) is 14.1. The summed E-state index contributed by atoms with van der Waals surface area (Å²) in [5.74, 6) is 0.513. The maximum Gasteiger partial charge on any atom is 0.261 e. The van der Waals surface area contributed by atoms with E-state index in [1.807, 2.05) is 49.4 Å². The van der Waals surface area contributed by atoms with E-state index in [0.29, 0.717) is 13.0 Å². The van der Waals surface area contributed by atoms with Gasteiger partial charge in [0.1, 0.15) is 19.9 Å². The van der Waals surface area contributed by atoms with Crippen LogP contribution in [0.3, 0.4) is 0 Å². The Bertz CT molecular complexity index is 1660. The van der Waals surface area contributed by atoms with Gasteiger partial charge in [0.15, 0.2) is 5.78 Å². The van der Waals surface area contributed by atoms with Gasteiger partial charge >= 0.3 is 0 Å². The van der Waals surface area contributed by atoms with Crippen LogP contribution in [-0.4, -0.2) is 53.2 Å². The van der Waals surface area contributed by atoms with E-state index in [4.69, 9.17) is 13.9 Å². The lowest BCUT2D eigenvalue weighted by Crippen LogP contribution is -2.66. The molecular weight excluding hydrogens is 677 g/mol. The predicted octanol–water partition coefficient (Wildman–Crippen LogP) is 8.24. The van der Waals surface area contributed by atoms with Crippen molar-refractivity contribution in [2.75, 3.05) is 13.7 Å². The molecule has 0 spiro atoms. The fourth-order valence-electron chi connectivity index (χ4n) is 6.99. The molecule has 4 aromatic carbocycles. The molecule has 0 amide bonds. The van der Waals surface area contributed by atoms with Crippen LogP contribution in [0.25, 0.3) is 0 Å². The van der Waals surface area contributed by atoms with E-state index in [9.17, 15) is 9.90 Å². The molecule has 0 saturated carbocycles. The molecule has 0 bridgehead atoms. The number of carbonyl (C=O) groups is 1. The highest BCUT2D eigenvalue weighted by atomic mass is 28.4. The summed E-state index contributed by atoms with van der Waals surface area (Å²) in [5, 5.41) is 16.4. The third kappa shape index (κ3) is 10.3. The molecule has 1 N–H and O–H groups in total. The molecule has 278 valence electrons. The first-order valence-corrected chi connectivity index (χ1v) is 23.5. The van der Waals surface area contributed by atoms with E-state index in [0.717, 1.165) is 11.3 Å². The molecule has 4 rings (SSSR count). The van der Waals surface area contributed by atoms with Gasteiger partial charge in [-0.15, -0.1) is 0 Å². The van der Waals surface area contributed by atoms with E-state index in [-0.39, 0.29) is 35.7 Å². The fraction of sp³-hybridized carbons (Fsp3) is 0.400. The first-order valence-electron chi connectivity index (χ1n) is 18.6. The SMILES string of the molecule is COc1ccc(CO[C@@H](C[C@H](C)CO[Si](c2ccccc2)(c2ccccc2)C(C)(C)C)C(=O)C[C@H](O)[C@H](C)/C=C(\C)[Si](C)(C)c2ccccc2)cc1. The molecule has 0 unspecified atom stereocenters. The number of Topliss-reactive ketones (excluding diaryl/α,β-unsaturated/α-hetero) is 1. The largest absolute Gasteiger partial charge is 0.497 e. The molecular formula is C45H60O5Si2. The van der Waals surface area contributed by atoms with Gasteiger partial charge in [-0.2, -0.15) is 0 Å². The number of carbonyl (C=O) groups excluding carboxylic acids is 1. The van der Waals surface area contributed by atoms with E-state index in [1.54, 1.807) is 7.11 Å². The maximum atomic E-state index is 14.1. The van der Waals surface area contributed by atoms with E-state index in [1.165, 1.54) is 20.8 Å². The predicted molar refractivity (Wildman–Crippen MR) is 221 cm³/mol. The monoisotopic (exact) mass is 736 g/mol. The minimum Gasteiger partial charge on any atom is -0.497 e. The van der Waals surface area contributed by atoms with Crippen LogP contribution in [-0.2, 0) is 20.6 Å². The normalized spacial score (nSPS) is 15.1. The number of aliphatic hydroxyl groups excluding tert-OH is 1. The summed E-state index contributed by atoms with van der Waals surface area (Å²) >= 11 is 0. The van der Waals surface area contributed by atoms with Crippen LogP contribution in [0.4, 0.5) is 0 Å². The van der Waals surface area contributed by atoms with Gasteiger partial charge in [-0.25, -0.2) is 0 Å². The number of rotatable bonds is 18. The minimum absolute atomic E-state index is 0.0147. The van der Waals surface area contributed by atoms with Crippen molar-refractivity contribution in [3.8, 4) is 5.75 Å². The van der Waals surface area contributed by atoms with E-state index >= 15 is 0 Å². The molecule has 0 saturated heterocycles. The van der Waals surface area contributed by atoms with Gasteiger partial charge in [0.05, 0.1) is 19.8 Å². The number of ether oxygens (including phenoxy) is 2. The Morgan fingerprint density at radius 2 is 1.29 bits per heavy atom. The summed E-state index contributed by atoms with van der Waals surface area (Å²) in [6.07, 6.45) is 1.16. The van der Waals surface area contributed by atoms with Crippen LogP contribution in [0, 0.1) is 11.8 Å². The second-order valence-corrected chi connectivity index (χ2v) is 24.8. The molecule has 4 atom stereocenters. The van der Waals surface area contributed by atoms with Gasteiger partial charge in [0.25, 0.3) is 8.32 Å². The summed E-state index contributed by atoms with van der Waals surface area (Å²) in [6, 6.07) is 39.6.